The maximum absolute atomic E-state index is 13.9. The van der Waals surface area contributed by atoms with E-state index in [1.807, 2.05) is 13.8 Å². The Labute approximate surface area is 193 Å². The van der Waals surface area contributed by atoms with Crippen molar-refractivity contribution in [2.45, 2.75) is 25.7 Å². The zero-order valence-electron chi connectivity index (χ0n) is 17.4. The Morgan fingerprint density at radius 3 is 2.38 bits per heavy atom. The Bertz CT molecular complexity index is 1540. The van der Waals surface area contributed by atoms with Crippen molar-refractivity contribution in [1.82, 2.24) is 0 Å². The molecule has 0 aliphatic carbocycles. The first kappa shape index (κ1) is 22.3. The van der Waals surface area contributed by atoms with E-state index in [-0.39, 0.29) is 21.2 Å². The van der Waals surface area contributed by atoms with Gasteiger partial charge in [-0.25, -0.2) is 13.2 Å². The Kier molecular flexibility index (Phi) is 5.70. The molecule has 0 N–H and O–H groups in total. The molecule has 0 saturated heterocycles. The smallest absolute Gasteiger partial charge is 0.396 e. The number of rotatable bonds is 4. The normalized spacial score (nSPS) is 11.6. The van der Waals surface area contributed by atoms with Gasteiger partial charge in [0.1, 0.15) is 5.58 Å². The average Bonchev–Trinajstić information content (AvgIpc) is 3.10. The summed E-state index contributed by atoms with van der Waals surface area (Å²) in [6.45, 7) is 5.38. The molecule has 164 valence electrons. The predicted molar refractivity (Wildman–Crippen MR) is 126 cm³/mol. The van der Waals surface area contributed by atoms with Crippen LogP contribution in [-0.4, -0.2) is 14.3 Å². The number of sulfonamides is 1. The van der Waals surface area contributed by atoms with Gasteiger partial charge in [0.05, 0.1) is 25.9 Å². The summed E-state index contributed by atoms with van der Waals surface area (Å²) in [5.41, 5.74) is 2.67. The van der Waals surface area contributed by atoms with E-state index in [0.29, 0.717) is 15.8 Å². The molecule has 4 aromatic rings. The zero-order chi connectivity index (χ0) is 23.2. The summed E-state index contributed by atoms with van der Waals surface area (Å²) < 4.78 is 34.0. The van der Waals surface area contributed by atoms with Gasteiger partial charge in [-0.05, 0) is 73.9 Å². The van der Waals surface area contributed by atoms with Crippen LogP contribution in [0.4, 0.5) is 5.69 Å². The van der Waals surface area contributed by atoms with Crippen molar-refractivity contribution in [3.05, 3.63) is 91.6 Å². The van der Waals surface area contributed by atoms with Crippen molar-refractivity contribution in [2.75, 3.05) is 4.31 Å². The van der Waals surface area contributed by atoms with Gasteiger partial charge in [0.2, 0.25) is 0 Å². The molecule has 32 heavy (non-hydrogen) atoms. The highest BCUT2D eigenvalue weighted by molar-refractivity contribution is 7.93. The summed E-state index contributed by atoms with van der Waals surface area (Å²) >= 11 is 7.05. The van der Waals surface area contributed by atoms with Crippen LogP contribution in [0.5, 0.6) is 0 Å². The summed E-state index contributed by atoms with van der Waals surface area (Å²) in [6.07, 6.45) is 0. The molecule has 1 heterocycles. The van der Waals surface area contributed by atoms with Crippen LogP contribution in [0.3, 0.4) is 0 Å². The maximum Gasteiger partial charge on any atom is 0.396 e. The molecular weight excluding hydrogens is 470 g/mol. The number of aryl methyl sites for hydroxylation is 3. The second-order valence-corrected chi connectivity index (χ2v) is 10.5. The van der Waals surface area contributed by atoms with E-state index in [1.54, 1.807) is 31.2 Å². The average molecular weight is 488 g/mol. The Morgan fingerprint density at radius 2 is 1.66 bits per heavy atom. The number of fused-ring (bicyclic) bond motifs is 1. The van der Waals surface area contributed by atoms with Gasteiger partial charge in [-0.1, -0.05) is 41.1 Å². The van der Waals surface area contributed by atoms with E-state index < -0.39 is 20.9 Å². The van der Waals surface area contributed by atoms with E-state index >= 15 is 0 Å². The number of benzene rings is 3. The number of anilines is 1. The highest BCUT2D eigenvalue weighted by Crippen LogP contribution is 2.33. The topological polar surface area (TPSA) is 84.7 Å². The summed E-state index contributed by atoms with van der Waals surface area (Å²) in [6, 6.07) is 13.9. The van der Waals surface area contributed by atoms with Gasteiger partial charge in [0.15, 0.2) is 0 Å². The van der Waals surface area contributed by atoms with Gasteiger partial charge < -0.3 is 4.42 Å². The van der Waals surface area contributed by atoms with Gasteiger partial charge >= 0.3 is 4.94 Å². The van der Waals surface area contributed by atoms with Crippen molar-refractivity contribution < 1.29 is 17.6 Å². The third-order valence-corrected chi connectivity index (χ3v) is 8.12. The molecule has 0 atom stereocenters. The largest absolute Gasteiger partial charge is 0.414 e. The molecule has 6 nitrogen and oxygen atoms in total. The maximum atomic E-state index is 13.9. The predicted octanol–water partition coefficient (Wildman–Crippen LogP) is 5.47. The number of carbonyl (C=O) groups is 1. The van der Waals surface area contributed by atoms with Crippen molar-refractivity contribution in [3.63, 3.8) is 0 Å². The Balaban J connectivity index is 1.98. The second-order valence-electron chi connectivity index (χ2n) is 7.34. The molecule has 1 aromatic heterocycles. The molecule has 0 aliphatic rings. The van der Waals surface area contributed by atoms with E-state index in [1.165, 1.54) is 30.3 Å². The van der Waals surface area contributed by atoms with Gasteiger partial charge in [0.25, 0.3) is 15.9 Å². The minimum atomic E-state index is -4.33. The van der Waals surface area contributed by atoms with E-state index in [9.17, 15) is 18.0 Å². The number of amides is 1. The van der Waals surface area contributed by atoms with Crippen LogP contribution < -0.4 is 9.24 Å². The monoisotopic (exact) mass is 487 g/mol. The molecule has 1 amide bonds. The lowest BCUT2D eigenvalue weighted by molar-refractivity contribution is 0.101. The van der Waals surface area contributed by atoms with Crippen molar-refractivity contribution >= 4 is 54.8 Å². The van der Waals surface area contributed by atoms with Crippen LogP contribution in [-0.2, 0) is 10.0 Å². The fourth-order valence-corrected chi connectivity index (χ4v) is 6.02. The molecule has 0 saturated carbocycles. The number of carbonyl (C=O) groups excluding carboxylic acids is 1. The fourth-order valence-electron chi connectivity index (χ4n) is 3.41. The second kappa shape index (κ2) is 8.20. The van der Waals surface area contributed by atoms with Crippen molar-refractivity contribution in [2.24, 2.45) is 0 Å². The molecule has 9 heteroatoms. The van der Waals surface area contributed by atoms with Crippen LogP contribution in [0.1, 0.15) is 27.0 Å². The molecule has 3 aromatic carbocycles. The van der Waals surface area contributed by atoms with Crippen molar-refractivity contribution in [3.8, 4) is 0 Å². The van der Waals surface area contributed by atoms with Crippen LogP contribution in [0.25, 0.3) is 10.3 Å². The molecule has 4 rings (SSSR count). The lowest BCUT2D eigenvalue weighted by atomic mass is 10.1. The SMILES string of the molecule is Cc1cc(C)c(S(=O)(=O)N(C(=O)c2ccccc2Cl)c2ccc3oc(=O)sc3c2)cc1C. The van der Waals surface area contributed by atoms with Gasteiger partial charge in [0, 0.05) is 0 Å². The van der Waals surface area contributed by atoms with Gasteiger partial charge in [-0.3, -0.25) is 4.79 Å². The molecule has 0 bridgehead atoms. The van der Waals surface area contributed by atoms with Crippen LogP contribution >= 0.6 is 22.9 Å². The summed E-state index contributed by atoms with van der Waals surface area (Å²) in [4.78, 5) is 24.7. The molecule has 0 radical (unpaired) electrons. The molecular formula is C23H18ClNO5S2. The Hall–Kier alpha value is -2.94. The van der Waals surface area contributed by atoms with Gasteiger partial charge in [-0.15, -0.1) is 0 Å². The van der Waals surface area contributed by atoms with Crippen molar-refractivity contribution in [1.29, 1.82) is 0 Å². The zero-order valence-corrected chi connectivity index (χ0v) is 19.8. The van der Waals surface area contributed by atoms with E-state index in [2.05, 4.69) is 0 Å². The van der Waals surface area contributed by atoms with E-state index in [4.69, 9.17) is 16.0 Å². The summed E-state index contributed by atoms with van der Waals surface area (Å²) in [5.74, 6) is -0.802. The minimum Gasteiger partial charge on any atom is -0.414 e. The third-order valence-electron chi connectivity index (χ3n) is 5.15. The molecule has 0 fully saturated rings. The first-order chi connectivity index (χ1) is 15.1. The quantitative estimate of drug-likeness (QED) is 0.381. The highest BCUT2D eigenvalue weighted by atomic mass is 35.5. The molecule has 0 unspecified atom stereocenters. The van der Waals surface area contributed by atoms with Crippen LogP contribution in [0.2, 0.25) is 5.02 Å². The summed E-state index contributed by atoms with van der Waals surface area (Å²) in [7, 11) is -4.33. The lowest BCUT2D eigenvalue weighted by Crippen LogP contribution is -2.37. The van der Waals surface area contributed by atoms with Crippen LogP contribution in [0, 0.1) is 20.8 Å². The van der Waals surface area contributed by atoms with Gasteiger partial charge in [-0.2, -0.15) is 4.31 Å². The number of hydrogen-bond acceptors (Lipinski definition) is 6. The minimum absolute atomic E-state index is 0.0153. The molecule has 0 spiro atoms. The first-order valence-electron chi connectivity index (χ1n) is 9.55. The third kappa shape index (κ3) is 3.85. The summed E-state index contributed by atoms with van der Waals surface area (Å²) in [5, 5.41) is 0.128. The molecule has 0 aliphatic heterocycles. The van der Waals surface area contributed by atoms with E-state index in [0.717, 1.165) is 26.8 Å². The van der Waals surface area contributed by atoms with Crippen LogP contribution in [0.15, 0.2) is 68.7 Å². The first-order valence-corrected chi connectivity index (χ1v) is 12.2. The lowest BCUT2D eigenvalue weighted by Gasteiger charge is -2.24. The standard InChI is InChI=1S/C23H18ClNO5S2/c1-13-10-15(3)21(11-14(13)2)32(28,29)25(22(26)17-6-4-5-7-18(17)24)16-8-9-19-20(12-16)31-23(27)30-19/h4-12H,1-3H3. The highest BCUT2D eigenvalue weighted by Gasteiger charge is 2.34. The Morgan fingerprint density at radius 1 is 0.969 bits per heavy atom. The fraction of sp³-hybridized carbons (Fsp3) is 0.130. The number of halogens is 1. The number of hydrogen-bond donors (Lipinski definition) is 0. The number of nitrogens with zero attached hydrogens (tertiary/aromatic N) is 1.